The molecule has 2 unspecified atom stereocenters. The van der Waals surface area contributed by atoms with Gasteiger partial charge in [0.25, 0.3) is 5.91 Å². The largest absolute Gasteiger partial charge is 0.378 e. The first-order valence-electron chi connectivity index (χ1n) is 8.50. The van der Waals surface area contributed by atoms with Crippen molar-refractivity contribution in [3.05, 3.63) is 65.7 Å². The molecular formula is C20H22N2O3. The van der Waals surface area contributed by atoms with Crippen LogP contribution in [0.2, 0.25) is 0 Å². The second-order valence-corrected chi connectivity index (χ2v) is 6.29. The number of rotatable bonds is 5. The van der Waals surface area contributed by atoms with Gasteiger partial charge >= 0.3 is 0 Å². The molecule has 2 N–H and O–H groups in total. The van der Waals surface area contributed by atoms with Crippen molar-refractivity contribution in [3.8, 4) is 0 Å². The highest BCUT2D eigenvalue weighted by Gasteiger charge is 2.23. The van der Waals surface area contributed by atoms with Gasteiger partial charge in [-0.15, -0.1) is 0 Å². The SMILES string of the molecule is CC(NC(=O)C(O)c1ccccc1)c1cccc(N2CCCC2=O)c1. The second kappa shape index (κ2) is 7.49. The Labute approximate surface area is 147 Å². The molecule has 1 fully saturated rings. The van der Waals surface area contributed by atoms with Crippen molar-refractivity contribution in [2.45, 2.75) is 31.9 Å². The van der Waals surface area contributed by atoms with E-state index in [1.54, 1.807) is 29.2 Å². The fourth-order valence-corrected chi connectivity index (χ4v) is 3.05. The summed E-state index contributed by atoms with van der Waals surface area (Å²) < 4.78 is 0. The van der Waals surface area contributed by atoms with Crippen molar-refractivity contribution in [1.29, 1.82) is 0 Å². The highest BCUT2D eigenvalue weighted by Crippen LogP contribution is 2.25. The van der Waals surface area contributed by atoms with Crippen molar-refractivity contribution >= 4 is 17.5 Å². The lowest BCUT2D eigenvalue weighted by Gasteiger charge is -2.20. The molecule has 2 atom stereocenters. The lowest BCUT2D eigenvalue weighted by atomic mass is 10.1. The van der Waals surface area contributed by atoms with Gasteiger partial charge in [0.05, 0.1) is 6.04 Å². The standard InChI is InChI=1S/C20H22N2O3/c1-14(21-20(25)19(24)15-7-3-2-4-8-15)16-9-5-10-17(13-16)22-12-6-11-18(22)23/h2-5,7-10,13-14,19,24H,6,11-12H2,1H3,(H,21,25). The molecule has 5 heteroatoms. The van der Waals surface area contributed by atoms with Crippen molar-refractivity contribution < 1.29 is 14.7 Å². The summed E-state index contributed by atoms with van der Waals surface area (Å²) in [7, 11) is 0. The molecule has 0 saturated carbocycles. The number of carbonyl (C=O) groups excluding carboxylic acids is 2. The average molecular weight is 338 g/mol. The summed E-state index contributed by atoms with van der Waals surface area (Å²) in [6.45, 7) is 2.59. The number of benzene rings is 2. The molecule has 1 heterocycles. The monoisotopic (exact) mass is 338 g/mol. The van der Waals surface area contributed by atoms with Gasteiger partial charge in [0, 0.05) is 18.7 Å². The number of amides is 2. The van der Waals surface area contributed by atoms with Gasteiger partial charge in [0.15, 0.2) is 6.10 Å². The number of anilines is 1. The van der Waals surface area contributed by atoms with Gasteiger partial charge in [0.1, 0.15) is 0 Å². The summed E-state index contributed by atoms with van der Waals surface area (Å²) in [5, 5.41) is 13.0. The third-order valence-corrected chi connectivity index (χ3v) is 4.48. The van der Waals surface area contributed by atoms with E-state index >= 15 is 0 Å². The van der Waals surface area contributed by atoms with Gasteiger partial charge in [-0.2, -0.15) is 0 Å². The van der Waals surface area contributed by atoms with Crippen LogP contribution in [-0.2, 0) is 9.59 Å². The molecule has 130 valence electrons. The van der Waals surface area contributed by atoms with Gasteiger partial charge < -0.3 is 15.3 Å². The zero-order chi connectivity index (χ0) is 17.8. The molecule has 1 aliphatic heterocycles. The van der Waals surface area contributed by atoms with Crippen LogP contribution in [0.15, 0.2) is 54.6 Å². The molecule has 0 bridgehead atoms. The normalized spacial score (nSPS) is 16.6. The molecule has 0 radical (unpaired) electrons. The van der Waals surface area contributed by atoms with Crippen molar-refractivity contribution in [2.75, 3.05) is 11.4 Å². The number of carbonyl (C=O) groups is 2. The zero-order valence-electron chi connectivity index (χ0n) is 14.2. The predicted molar refractivity (Wildman–Crippen MR) is 96.0 cm³/mol. The molecule has 0 spiro atoms. The highest BCUT2D eigenvalue weighted by atomic mass is 16.3. The van der Waals surface area contributed by atoms with E-state index in [1.807, 2.05) is 37.3 Å². The smallest absolute Gasteiger partial charge is 0.253 e. The molecule has 25 heavy (non-hydrogen) atoms. The minimum atomic E-state index is -1.20. The summed E-state index contributed by atoms with van der Waals surface area (Å²) in [6, 6.07) is 16.2. The van der Waals surface area contributed by atoms with Crippen LogP contribution in [0.5, 0.6) is 0 Å². The summed E-state index contributed by atoms with van der Waals surface area (Å²) in [5.74, 6) is -0.310. The summed E-state index contributed by atoms with van der Waals surface area (Å²) >= 11 is 0. The number of aliphatic hydroxyl groups is 1. The summed E-state index contributed by atoms with van der Waals surface area (Å²) in [4.78, 5) is 26.0. The lowest BCUT2D eigenvalue weighted by Crippen LogP contribution is -2.31. The maximum atomic E-state index is 12.3. The van der Waals surface area contributed by atoms with Crippen LogP contribution in [-0.4, -0.2) is 23.5 Å². The highest BCUT2D eigenvalue weighted by molar-refractivity contribution is 5.95. The fraction of sp³-hybridized carbons (Fsp3) is 0.300. The Morgan fingerprint density at radius 1 is 1.12 bits per heavy atom. The van der Waals surface area contributed by atoms with Crippen LogP contribution in [0.4, 0.5) is 5.69 Å². The van der Waals surface area contributed by atoms with Crippen molar-refractivity contribution in [3.63, 3.8) is 0 Å². The molecule has 2 amide bonds. The molecule has 1 aliphatic rings. The zero-order valence-corrected chi connectivity index (χ0v) is 14.2. The van der Waals surface area contributed by atoms with E-state index in [9.17, 15) is 14.7 Å². The Hall–Kier alpha value is -2.66. The molecule has 0 aliphatic carbocycles. The third-order valence-electron chi connectivity index (χ3n) is 4.48. The minimum absolute atomic E-state index is 0.133. The fourth-order valence-electron chi connectivity index (χ4n) is 3.05. The Balaban J connectivity index is 1.70. The van der Waals surface area contributed by atoms with Gasteiger partial charge in [0.2, 0.25) is 5.91 Å². The number of aliphatic hydroxyl groups excluding tert-OH is 1. The Morgan fingerprint density at radius 3 is 2.52 bits per heavy atom. The first kappa shape index (κ1) is 17.2. The Kier molecular flexibility index (Phi) is 5.14. The minimum Gasteiger partial charge on any atom is -0.378 e. The topological polar surface area (TPSA) is 69.6 Å². The van der Waals surface area contributed by atoms with Crippen molar-refractivity contribution in [2.24, 2.45) is 0 Å². The molecule has 1 saturated heterocycles. The predicted octanol–water partition coefficient (Wildman–Crippen LogP) is 2.72. The van der Waals surface area contributed by atoms with Crippen molar-refractivity contribution in [1.82, 2.24) is 5.32 Å². The number of nitrogens with one attached hydrogen (secondary N) is 1. The van der Waals surface area contributed by atoms with Crippen LogP contribution in [0, 0.1) is 0 Å². The molecular weight excluding hydrogens is 316 g/mol. The molecule has 5 nitrogen and oxygen atoms in total. The first-order valence-corrected chi connectivity index (χ1v) is 8.50. The van der Waals surface area contributed by atoms with E-state index in [0.717, 1.165) is 24.2 Å². The van der Waals surface area contributed by atoms with Crippen LogP contribution in [0.25, 0.3) is 0 Å². The second-order valence-electron chi connectivity index (χ2n) is 6.29. The number of hydrogen-bond donors (Lipinski definition) is 2. The van der Waals surface area contributed by atoms with Gasteiger partial charge in [-0.3, -0.25) is 9.59 Å². The van der Waals surface area contributed by atoms with E-state index in [1.165, 1.54) is 0 Å². The third kappa shape index (κ3) is 3.88. The summed E-state index contributed by atoms with van der Waals surface area (Å²) in [6.07, 6.45) is 0.255. The summed E-state index contributed by atoms with van der Waals surface area (Å²) in [5.41, 5.74) is 2.30. The molecule has 2 aromatic carbocycles. The average Bonchev–Trinajstić information content (AvgIpc) is 3.07. The molecule has 3 rings (SSSR count). The van der Waals surface area contributed by atoms with Gasteiger partial charge in [-0.1, -0.05) is 42.5 Å². The molecule has 0 aromatic heterocycles. The number of nitrogens with zero attached hydrogens (tertiary/aromatic N) is 1. The molecule has 2 aromatic rings. The van der Waals surface area contributed by atoms with Crippen LogP contribution in [0.3, 0.4) is 0 Å². The van der Waals surface area contributed by atoms with Crippen LogP contribution >= 0.6 is 0 Å². The van der Waals surface area contributed by atoms with E-state index < -0.39 is 12.0 Å². The van der Waals surface area contributed by atoms with E-state index in [0.29, 0.717) is 12.0 Å². The van der Waals surface area contributed by atoms with Gasteiger partial charge in [-0.25, -0.2) is 0 Å². The van der Waals surface area contributed by atoms with E-state index in [2.05, 4.69) is 5.32 Å². The maximum Gasteiger partial charge on any atom is 0.253 e. The first-order chi connectivity index (χ1) is 12.1. The lowest BCUT2D eigenvalue weighted by molar-refractivity contribution is -0.130. The Morgan fingerprint density at radius 2 is 1.84 bits per heavy atom. The maximum absolute atomic E-state index is 12.3. The van der Waals surface area contributed by atoms with Crippen LogP contribution in [0.1, 0.15) is 43.0 Å². The quantitative estimate of drug-likeness (QED) is 0.881. The number of hydrogen-bond acceptors (Lipinski definition) is 3. The van der Waals surface area contributed by atoms with E-state index in [4.69, 9.17) is 0 Å². The Bertz CT molecular complexity index is 761. The van der Waals surface area contributed by atoms with Crippen LogP contribution < -0.4 is 10.2 Å². The van der Waals surface area contributed by atoms with E-state index in [-0.39, 0.29) is 11.9 Å². The van der Waals surface area contributed by atoms with Gasteiger partial charge in [-0.05, 0) is 36.6 Å².